The van der Waals surface area contributed by atoms with E-state index >= 15 is 0 Å². The number of aromatic nitrogens is 2. The van der Waals surface area contributed by atoms with Crippen LogP contribution in [0.1, 0.15) is 28.6 Å². The van der Waals surface area contributed by atoms with Crippen LogP contribution >= 0.6 is 0 Å². The lowest BCUT2D eigenvalue weighted by atomic mass is 10.0. The quantitative estimate of drug-likeness (QED) is 0.482. The number of hydrogen-bond donors (Lipinski definition) is 2. The minimum absolute atomic E-state index is 0.123. The Morgan fingerprint density at radius 2 is 1.80 bits per heavy atom. The Labute approximate surface area is 175 Å². The third kappa shape index (κ3) is 4.50. The van der Waals surface area contributed by atoms with E-state index in [2.05, 4.69) is 15.7 Å². The number of carbonyl (C=O) groups is 1. The van der Waals surface area contributed by atoms with Crippen LogP contribution < -0.4 is 10.6 Å². The Morgan fingerprint density at radius 1 is 1.03 bits per heavy atom. The standard InChI is InChI=1S/C24H24N4O2/c1-17-10-12-20(13-11-17)28-22(15-18(2)27-28)26-23(29)16-25-24(21-9-6-14-30-21)19-7-4-3-5-8-19/h3-15,24-25H,16H2,1-2H3,(H,26,29)/t24-/m1/s1. The molecule has 6 nitrogen and oxygen atoms in total. The zero-order valence-corrected chi connectivity index (χ0v) is 17.0. The molecule has 0 aliphatic heterocycles. The molecule has 2 aromatic heterocycles. The van der Waals surface area contributed by atoms with Crippen molar-refractivity contribution in [1.29, 1.82) is 0 Å². The fourth-order valence-electron chi connectivity index (χ4n) is 3.34. The molecule has 152 valence electrons. The molecule has 0 saturated carbocycles. The molecular formula is C24H24N4O2. The third-order valence-corrected chi connectivity index (χ3v) is 4.80. The molecule has 4 aromatic rings. The second-order valence-corrected chi connectivity index (χ2v) is 7.21. The zero-order valence-electron chi connectivity index (χ0n) is 17.0. The van der Waals surface area contributed by atoms with Gasteiger partial charge in [-0.2, -0.15) is 5.10 Å². The summed E-state index contributed by atoms with van der Waals surface area (Å²) in [6, 6.07) is 23.3. The molecule has 0 spiro atoms. The molecule has 2 heterocycles. The van der Waals surface area contributed by atoms with Gasteiger partial charge in [0.15, 0.2) is 0 Å². The lowest BCUT2D eigenvalue weighted by molar-refractivity contribution is -0.115. The van der Waals surface area contributed by atoms with Crippen LogP contribution in [0.4, 0.5) is 5.82 Å². The first-order valence-electron chi connectivity index (χ1n) is 9.85. The van der Waals surface area contributed by atoms with E-state index in [0.717, 1.165) is 22.7 Å². The van der Waals surface area contributed by atoms with E-state index in [9.17, 15) is 4.79 Å². The Kier molecular flexibility index (Phi) is 5.77. The summed E-state index contributed by atoms with van der Waals surface area (Å²) in [6.45, 7) is 4.06. The van der Waals surface area contributed by atoms with E-state index in [4.69, 9.17) is 4.42 Å². The Hall–Kier alpha value is -3.64. The van der Waals surface area contributed by atoms with Crippen molar-refractivity contribution in [3.05, 3.63) is 102 Å². The van der Waals surface area contributed by atoms with Crippen LogP contribution in [-0.2, 0) is 4.79 Å². The number of nitrogens with zero attached hydrogens (tertiary/aromatic N) is 2. The maximum Gasteiger partial charge on any atom is 0.239 e. The van der Waals surface area contributed by atoms with Gasteiger partial charge in [-0.1, -0.05) is 48.0 Å². The van der Waals surface area contributed by atoms with Crippen molar-refractivity contribution >= 4 is 11.7 Å². The van der Waals surface area contributed by atoms with Crippen LogP contribution in [0.5, 0.6) is 0 Å². The second kappa shape index (κ2) is 8.80. The molecule has 0 fully saturated rings. The molecule has 0 radical (unpaired) electrons. The number of rotatable bonds is 7. The van der Waals surface area contributed by atoms with E-state index in [0.29, 0.717) is 5.82 Å². The molecule has 4 rings (SSSR count). The molecular weight excluding hydrogens is 376 g/mol. The fourth-order valence-corrected chi connectivity index (χ4v) is 3.34. The minimum atomic E-state index is -0.212. The zero-order chi connectivity index (χ0) is 20.9. The van der Waals surface area contributed by atoms with Gasteiger partial charge in [0.05, 0.1) is 30.2 Å². The monoisotopic (exact) mass is 400 g/mol. The van der Waals surface area contributed by atoms with Gasteiger partial charge in [0.2, 0.25) is 5.91 Å². The molecule has 1 atom stereocenters. The minimum Gasteiger partial charge on any atom is -0.467 e. The van der Waals surface area contributed by atoms with E-state index in [1.807, 2.05) is 86.6 Å². The highest BCUT2D eigenvalue weighted by molar-refractivity contribution is 5.91. The molecule has 0 aliphatic carbocycles. The number of carbonyl (C=O) groups excluding carboxylic acids is 1. The van der Waals surface area contributed by atoms with Gasteiger partial charge in [-0.15, -0.1) is 0 Å². The number of aryl methyl sites for hydroxylation is 2. The second-order valence-electron chi connectivity index (χ2n) is 7.21. The summed E-state index contributed by atoms with van der Waals surface area (Å²) in [5, 5.41) is 10.8. The predicted octanol–water partition coefficient (Wildman–Crippen LogP) is 4.40. The topological polar surface area (TPSA) is 72.1 Å². The van der Waals surface area contributed by atoms with Crippen LogP contribution in [-0.4, -0.2) is 22.2 Å². The fraction of sp³-hybridized carbons (Fsp3) is 0.167. The van der Waals surface area contributed by atoms with Crippen LogP contribution in [0.15, 0.2) is 83.5 Å². The summed E-state index contributed by atoms with van der Waals surface area (Å²) in [5.74, 6) is 1.24. The van der Waals surface area contributed by atoms with E-state index < -0.39 is 0 Å². The summed E-state index contributed by atoms with van der Waals surface area (Å²) in [6.07, 6.45) is 1.63. The summed E-state index contributed by atoms with van der Waals surface area (Å²) in [5.41, 5.74) is 3.93. The van der Waals surface area contributed by atoms with Crippen molar-refractivity contribution in [3.8, 4) is 5.69 Å². The van der Waals surface area contributed by atoms with Gasteiger partial charge in [-0.25, -0.2) is 4.68 Å². The van der Waals surface area contributed by atoms with Gasteiger partial charge in [0.25, 0.3) is 0 Å². The van der Waals surface area contributed by atoms with Gasteiger partial charge in [-0.3, -0.25) is 10.1 Å². The van der Waals surface area contributed by atoms with Gasteiger partial charge in [0, 0.05) is 6.07 Å². The van der Waals surface area contributed by atoms with Crippen molar-refractivity contribution < 1.29 is 9.21 Å². The predicted molar refractivity (Wildman–Crippen MR) is 117 cm³/mol. The lowest BCUT2D eigenvalue weighted by Crippen LogP contribution is -2.32. The first kappa shape index (κ1) is 19.7. The van der Waals surface area contributed by atoms with Crippen LogP contribution in [0.3, 0.4) is 0 Å². The van der Waals surface area contributed by atoms with E-state index in [1.165, 1.54) is 5.56 Å². The molecule has 6 heteroatoms. The van der Waals surface area contributed by atoms with Crippen molar-refractivity contribution in [3.63, 3.8) is 0 Å². The normalized spacial score (nSPS) is 11.9. The SMILES string of the molecule is Cc1ccc(-n2nc(C)cc2NC(=O)CN[C@H](c2ccccc2)c2ccco2)cc1. The number of anilines is 1. The molecule has 0 bridgehead atoms. The molecule has 0 aliphatic rings. The molecule has 2 N–H and O–H groups in total. The largest absolute Gasteiger partial charge is 0.467 e. The Balaban J connectivity index is 1.48. The van der Waals surface area contributed by atoms with Crippen molar-refractivity contribution in [2.24, 2.45) is 0 Å². The lowest BCUT2D eigenvalue weighted by Gasteiger charge is -2.17. The number of furan rings is 1. The first-order valence-corrected chi connectivity index (χ1v) is 9.85. The third-order valence-electron chi connectivity index (χ3n) is 4.80. The van der Waals surface area contributed by atoms with Gasteiger partial charge >= 0.3 is 0 Å². The van der Waals surface area contributed by atoms with Crippen molar-refractivity contribution in [1.82, 2.24) is 15.1 Å². The first-order chi connectivity index (χ1) is 14.6. The number of benzene rings is 2. The molecule has 30 heavy (non-hydrogen) atoms. The Bertz CT molecular complexity index is 1100. The van der Waals surface area contributed by atoms with Crippen LogP contribution in [0, 0.1) is 13.8 Å². The molecule has 2 aromatic carbocycles. The number of hydrogen-bond acceptors (Lipinski definition) is 4. The average Bonchev–Trinajstić information content (AvgIpc) is 3.40. The smallest absolute Gasteiger partial charge is 0.239 e. The highest BCUT2D eigenvalue weighted by Gasteiger charge is 2.18. The van der Waals surface area contributed by atoms with Crippen LogP contribution in [0.2, 0.25) is 0 Å². The summed E-state index contributed by atoms with van der Waals surface area (Å²) >= 11 is 0. The highest BCUT2D eigenvalue weighted by Crippen LogP contribution is 2.22. The average molecular weight is 400 g/mol. The summed E-state index contributed by atoms with van der Waals surface area (Å²) < 4.78 is 7.33. The maximum absolute atomic E-state index is 12.7. The number of nitrogens with one attached hydrogen (secondary N) is 2. The van der Waals surface area contributed by atoms with Crippen molar-refractivity contribution in [2.75, 3.05) is 11.9 Å². The molecule has 0 saturated heterocycles. The highest BCUT2D eigenvalue weighted by atomic mass is 16.3. The van der Waals surface area contributed by atoms with Crippen molar-refractivity contribution in [2.45, 2.75) is 19.9 Å². The van der Waals surface area contributed by atoms with Gasteiger partial charge in [0.1, 0.15) is 11.6 Å². The van der Waals surface area contributed by atoms with Gasteiger partial charge in [-0.05, 0) is 43.7 Å². The van der Waals surface area contributed by atoms with E-state index in [1.54, 1.807) is 10.9 Å². The number of amides is 1. The van der Waals surface area contributed by atoms with Crippen LogP contribution in [0.25, 0.3) is 5.69 Å². The summed E-state index contributed by atoms with van der Waals surface area (Å²) in [7, 11) is 0. The molecule has 0 unspecified atom stereocenters. The molecule has 1 amide bonds. The van der Waals surface area contributed by atoms with Gasteiger partial charge < -0.3 is 9.73 Å². The maximum atomic E-state index is 12.7. The summed E-state index contributed by atoms with van der Waals surface area (Å²) in [4.78, 5) is 12.7. The van der Waals surface area contributed by atoms with E-state index in [-0.39, 0.29) is 18.5 Å². The Morgan fingerprint density at radius 3 is 2.50 bits per heavy atom.